The molecule has 2 aromatic carbocycles. The maximum absolute atomic E-state index is 12.9. The Morgan fingerprint density at radius 3 is 2.54 bits per heavy atom. The van der Waals surface area contributed by atoms with Crippen molar-refractivity contribution < 1.29 is 9.53 Å². The molecule has 0 bridgehead atoms. The van der Waals surface area contributed by atoms with Crippen LogP contribution in [0.1, 0.15) is 28.8 Å². The van der Waals surface area contributed by atoms with Crippen LogP contribution in [0.25, 0.3) is 22.7 Å². The molecule has 0 atom stereocenters. The number of nitrogens with one attached hydrogen (secondary N) is 2. The highest BCUT2D eigenvalue weighted by atomic mass is 16.5. The molecule has 2 N–H and O–H groups in total. The minimum absolute atomic E-state index is 0.180. The number of aromatic amines is 1. The number of fused-ring (bicyclic) bond motifs is 1. The van der Waals surface area contributed by atoms with Crippen molar-refractivity contribution in [2.45, 2.75) is 33.6 Å². The second-order valence-corrected chi connectivity index (χ2v) is 8.93. The van der Waals surface area contributed by atoms with Crippen LogP contribution in [0.4, 0.5) is 5.82 Å². The van der Waals surface area contributed by atoms with Crippen molar-refractivity contribution in [1.82, 2.24) is 29.5 Å². The van der Waals surface area contributed by atoms with Crippen molar-refractivity contribution in [1.29, 1.82) is 0 Å². The molecule has 0 spiro atoms. The van der Waals surface area contributed by atoms with Gasteiger partial charge in [0.05, 0.1) is 24.7 Å². The Morgan fingerprint density at radius 1 is 1.03 bits per heavy atom. The van der Waals surface area contributed by atoms with Crippen molar-refractivity contribution in [2.75, 3.05) is 12.4 Å². The van der Waals surface area contributed by atoms with Gasteiger partial charge in [-0.2, -0.15) is 19.9 Å². The highest BCUT2D eigenvalue weighted by Crippen LogP contribution is 2.20. The number of hydrogen-bond acceptors (Lipinski definition) is 6. The third kappa shape index (κ3) is 4.86. The number of methoxy groups -OCH3 is 1. The maximum Gasteiger partial charge on any atom is 0.263 e. The van der Waals surface area contributed by atoms with E-state index in [2.05, 4.69) is 25.5 Å². The second kappa shape index (κ2) is 9.73. The number of anilines is 1. The Balaban J connectivity index is 1.43. The molecule has 10 nitrogen and oxygen atoms in total. The normalized spacial score (nSPS) is 11.1. The molecule has 5 aromatic rings. The fourth-order valence-corrected chi connectivity index (χ4v) is 4.06. The van der Waals surface area contributed by atoms with E-state index in [1.807, 2.05) is 56.3 Å². The zero-order valence-corrected chi connectivity index (χ0v) is 21.1. The predicted molar refractivity (Wildman–Crippen MR) is 141 cm³/mol. The van der Waals surface area contributed by atoms with Crippen molar-refractivity contribution in [3.8, 4) is 17.4 Å². The summed E-state index contributed by atoms with van der Waals surface area (Å²) in [5, 5.41) is 12.1. The molecule has 10 heteroatoms. The molecule has 0 aliphatic carbocycles. The van der Waals surface area contributed by atoms with Gasteiger partial charge in [-0.1, -0.05) is 18.2 Å². The van der Waals surface area contributed by atoms with Gasteiger partial charge in [-0.25, -0.2) is 4.68 Å². The number of aromatic nitrogens is 6. The summed E-state index contributed by atoms with van der Waals surface area (Å²) in [5.74, 6) is 1.18. The summed E-state index contributed by atoms with van der Waals surface area (Å²) in [6, 6.07) is 15.3. The van der Waals surface area contributed by atoms with Crippen LogP contribution in [0.5, 0.6) is 5.75 Å². The summed E-state index contributed by atoms with van der Waals surface area (Å²) in [6.07, 6.45) is 2.34. The number of carbonyl (C=O) groups excluding carboxylic acids is 1. The van der Waals surface area contributed by atoms with E-state index in [0.29, 0.717) is 29.0 Å². The number of H-pyrrole nitrogens is 1. The van der Waals surface area contributed by atoms with Gasteiger partial charge in [0.1, 0.15) is 17.0 Å². The average Bonchev–Trinajstić information content (AvgIpc) is 3.48. The first-order valence-electron chi connectivity index (χ1n) is 11.9. The molecule has 0 saturated heterocycles. The summed E-state index contributed by atoms with van der Waals surface area (Å²) in [5.41, 5.74) is 4.80. The van der Waals surface area contributed by atoms with Gasteiger partial charge in [0, 0.05) is 12.5 Å². The van der Waals surface area contributed by atoms with Crippen LogP contribution in [0.15, 0.2) is 59.5 Å². The first kappa shape index (κ1) is 24.0. The Kier molecular flexibility index (Phi) is 6.31. The van der Waals surface area contributed by atoms with Gasteiger partial charge in [0.2, 0.25) is 11.9 Å². The molecule has 3 aromatic heterocycles. The molecule has 188 valence electrons. The van der Waals surface area contributed by atoms with Gasteiger partial charge in [-0.05, 0) is 68.1 Å². The lowest BCUT2D eigenvalue weighted by atomic mass is 10.1. The minimum Gasteiger partial charge on any atom is -0.497 e. The van der Waals surface area contributed by atoms with E-state index in [1.54, 1.807) is 24.8 Å². The predicted octanol–water partition coefficient (Wildman–Crippen LogP) is 3.80. The molecular weight excluding hydrogens is 470 g/mol. The standard InChI is InChI=1S/C27H27N7O3/c1-16-5-9-20(13-17(16)2)33-25-22(15-28-33)26(36)31-27(30-25)34-23(14-18(3)32-34)29-24(35)12-8-19-6-10-21(37-4)11-7-19/h5-7,9-11,13-15H,8,12H2,1-4H3,(H,29,35)(H,30,31,36). The molecule has 37 heavy (non-hydrogen) atoms. The molecule has 0 aliphatic heterocycles. The molecule has 0 radical (unpaired) electrons. The number of hydrogen-bond donors (Lipinski definition) is 2. The van der Waals surface area contributed by atoms with Crippen molar-refractivity contribution in [2.24, 2.45) is 0 Å². The number of carbonyl (C=O) groups is 1. The smallest absolute Gasteiger partial charge is 0.263 e. The zero-order chi connectivity index (χ0) is 26.1. The zero-order valence-electron chi connectivity index (χ0n) is 21.1. The molecule has 0 unspecified atom stereocenters. The summed E-state index contributed by atoms with van der Waals surface area (Å²) >= 11 is 0. The molecule has 0 fully saturated rings. The summed E-state index contributed by atoms with van der Waals surface area (Å²) < 4.78 is 8.24. The van der Waals surface area contributed by atoms with Crippen molar-refractivity contribution in [3.05, 3.63) is 87.5 Å². The van der Waals surface area contributed by atoms with Gasteiger partial charge in [-0.15, -0.1) is 0 Å². The highest BCUT2D eigenvalue weighted by Gasteiger charge is 2.17. The molecule has 1 amide bonds. The quantitative estimate of drug-likeness (QED) is 0.353. The number of ether oxygens (including phenoxy) is 1. The summed E-state index contributed by atoms with van der Waals surface area (Å²) in [6.45, 7) is 5.86. The summed E-state index contributed by atoms with van der Waals surface area (Å²) in [7, 11) is 1.62. The van der Waals surface area contributed by atoms with Crippen molar-refractivity contribution in [3.63, 3.8) is 0 Å². The Hall–Kier alpha value is -4.73. The van der Waals surface area contributed by atoms with E-state index in [1.165, 1.54) is 10.9 Å². The molecule has 3 heterocycles. The fraction of sp³-hybridized carbons (Fsp3) is 0.222. The number of rotatable bonds is 7. The SMILES string of the molecule is COc1ccc(CCC(=O)Nc2cc(C)nn2-c2nc3c(cnn3-c3ccc(C)c(C)c3)c(=O)[nH]2)cc1. The van der Waals surface area contributed by atoms with Crippen LogP contribution in [0.3, 0.4) is 0 Å². The first-order chi connectivity index (χ1) is 17.8. The van der Waals surface area contributed by atoms with E-state index < -0.39 is 0 Å². The molecular formula is C27H27N7O3. The number of nitrogens with zero attached hydrogens (tertiary/aromatic N) is 5. The van der Waals surface area contributed by atoms with Crippen LogP contribution in [-0.4, -0.2) is 42.5 Å². The van der Waals surface area contributed by atoms with Gasteiger partial charge in [-0.3, -0.25) is 14.6 Å². The van der Waals surface area contributed by atoms with Gasteiger partial charge in [0.25, 0.3) is 5.56 Å². The fourth-order valence-electron chi connectivity index (χ4n) is 4.06. The first-order valence-corrected chi connectivity index (χ1v) is 11.9. The lowest BCUT2D eigenvalue weighted by Crippen LogP contribution is -2.19. The Labute approximate surface area is 212 Å². The van der Waals surface area contributed by atoms with Crippen LogP contribution in [-0.2, 0) is 11.2 Å². The van der Waals surface area contributed by atoms with Gasteiger partial charge < -0.3 is 10.1 Å². The summed E-state index contributed by atoms with van der Waals surface area (Å²) in [4.78, 5) is 33.1. The molecule has 5 rings (SSSR count). The van der Waals surface area contributed by atoms with Crippen LogP contribution in [0.2, 0.25) is 0 Å². The maximum atomic E-state index is 12.9. The molecule has 0 saturated carbocycles. The highest BCUT2D eigenvalue weighted by molar-refractivity contribution is 5.90. The minimum atomic E-state index is -0.347. The van der Waals surface area contributed by atoms with Crippen LogP contribution in [0, 0.1) is 20.8 Å². The van der Waals surface area contributed by atoms with E-state index in [0.717, 1.165) is 28.1 Å². The monoisotopic (exact) mass is 497 g/mol. The van der Waals surface area contributed by atoms with Crippen LogP contribution < -0.4 is 15.6 Å². The number of aryl methyl sites for hydroxylation is 4. The lowest BCUT2D eigenvalue weighted by molar-refractivity contribution is -0.116. The van der Waals surface area contributed by atoms with Gasteiger partial charge in [0.15, 0.2) is 5.65 Å². The molecule has 0 aliphatic rings. The van der Waals surface area contributed by atoms with E-state index in [-0.39, 0.29) is 23.8 Å². The Bertz CT molecular complexity index is 1660. The van der Waals surface area contributed by atoms with Crippen LogP contribution >= 0.6 is 0 Å². The topological polar surface area (TPSA) is 120 Å². The Morgan fingerprint density at radius 2 is 1.81 bits per heavy atom. The lowest BCUT2D eigenvalue weighted by Gasteiger charge is -2.10. The van der Waals surface area contributed by atoms with E-state index >= 15 is 0 Å². The van der Waals surface area contributed by atoms with E-state index in [9.17, 15) is 9.59 Å². The van der Waals surface area contributed by atoms with Crippen molar-refractivity contribution >= 4 is 22.8 Å². The largest absolute Gasteiger partial charge is 0.497 e. The third-order valence-electron chi connectivity index (χ3n) is 6.26. The van der Waals surface area contributed by atoms with Gasteiger partial charge >= 0.3 is 0 Å². The second-order valence-electron chi connectivity index (χ2n) is 8.93. The average molecular weight is 498 g/mol. The number of benzene rings is 2. The van der Waals surface area contributed by atoms with E-state index in [4.69, 9.17) is 4.74 Å². The third-order valence-corrected chi connectivity index (χ3v) is 6.26. The number of amides is 1.